The summed E-state index contributed by atoms with van der Waals surface area (Å²) in [6.07, 6.45) is -2.42. The first kappa shape index (κ1) is 18.2. The van der Waals surface area contributed by atoms with E-state index in [1.807, 2.05) is 0 Å². The Balaban J connectivity index is 2.02. The SMILES string of the molecule is CC1CCC(C)N1CCNS(=O)(=O)c1cccc(C(F)(F)F)c1. The van der Waals surface area contributed by atoms with Crippen molar-refractivity contribution in [2.75, 3.05) is 13.1 Å². The molecular formula is C15H21F3N2O2S. The van der Waals surface area contributed by atoms with Gasteiger partial charge in [0, 0.05) is 25.2 Å². The van der Waals surface area contributed by atoms with Crippen molar-refractivity contribution in [1.29, 1.82) is 0 Å². The number of nitrogens with one attached hydrogen (secondary N) is 1. The number of halogens is 3. The molecule has 2 rings (SSSR count). The molecular weight excluding hydrogens is 329 g/mol. The minimum atomic E-state index is -4.56. The lowest BCUT2D eigenvalue weighted by molar-refractivity contribution is -0.137. The van der Waals surface area contributed by atoms with Crippen LogP contribution in [0.15, 0.2) is 29.2 Å². The molecule has 4 nitrogen and oxygen atoms in total. The summed E-state index contributed by atoms with van der Waals surface area (Å²) >= 11 is 0. The molecule has 1 heterocycles. The molecule has 2 atom stereocenters. The van der Waals surface area contributed by atoms with E-state index in [0.29, 0.717) is 24.7 Å². The molecule has 0 spiro atoms. The molecule has 0 saturated carbocycles. The zero-order valence-corrected chi connectivity index (χ0v) is 13.9. The molecule has 0 radical (unpaired) electrons. The van der Waals surface area contributed by atoms with Crippen molar-refractivity contribution < 1.29 is 21.6 Å². The van der Waals surface area contributed by atoms with Gasteiger partial charge in [-0.05, 0) is 44.9 Å². The Morgan fingerprint density at radius 1 is 1.22 bits per heavy atom. The van der Waals surface area contributed by atoms with Gasteiger partial charge in [-0.25, -0.2) is 13.1 Å². The highest BCUT2D eigenvalue weighted by Gasteiger charge is 2.32. The van der Waals surface area contributed by atoms with Gasteiger partial charge >= 0.3 is 6.18 Å². The Bertz CT molecular complexity index is 636. The highest BCUT2D eigenvalue weighted by atomic mass is 32.2. The molecule has 130 valence electrons. The van der Waals surface area contributed by atoms with Crippen LogP contribution in [0.5, 0.6) is 0 Å². The van der Waals surface area contributed by atoms with E-state index in [1.165, 1.54) is 6.07 Å². The summed E-state index contributed by atoms with van der Waals surface area (Å²) < 4.78 is 64.7. The van der Waals surface area contributed by atoms with Gasteiger partial charge in [0.2, 0.25) is 10.0 Å². The van der Waals surface area contributed by atoms with E-state index in [9.17, 15) is 21.6 Å². The Hall–Kier alpha value is -1.12. The van der Waals surface area contributed by atoms with Crippen molar-refractivity contribution in [1.82, 2.24) is 9.62 Å². The summed E-state index contributed by atoms with van der Waals surface area (Å²) in [6.45, 7) is 4.89. The van der Waals surface area contributed by atoms with Crippen LogP contribution in [0.1, 0.15) is 32.3 Å². The summed E-state index contributed by atoms with van der Waals surface area (Å²) in [5.41, 5.74) is -0.970. The molecule has 1 saturated heterocycles. The molecule has 8 heteroatoms. The lowest BCUT2D eigenvalue weighted by Gasteiger charge is -2.25. The summed E-state index contributed by atoms with van der Waals surface area (Å²) in [4.78, 5) is 1.84. The fourth-order valence-electron chi connectivity index (χ4n) is 2.92. The fourth-order valence-corrected chi connectivity index (χ4v) is 3.99. The van der Waals surface area contributed by atoms with Crippen LogP contribution in [0.2, 0.25) is 0 Å². The number of sulfonamides is 1. The summed E-state index contributed by atoms with van der Waals surface area (Å²) in [5, 5.41) is 0. The van der Waals surface area contributed by atoms with Crippen LogP contribution < -0.4 is 4.72 Å². The van der Waals surface area contributed by atoms with Gasteiger partial charge in [-0.1, -0.05) is 6.07 Å². The highest BCUT2D eigenvalue weighted by molar-refractivity contribution is 7.89. The van der Waals surface area contributed by atoms with Gasteiger partial charge in [-0.2, -0.15) is 13.2 Å². The highest BCUT2D eigenvalue weighted by Crippen LogP contribution is 2.30. The second-order valence-corrected chi connectivity index (χ2v) is 7.70. The van der Waals surface area contributed by atoms with E-state index in [-0.39, 0.29) is 11.4 Å². The number of nitrogens with zero attached hydrogens (tertiary/aromatic N) is 1. The van der Waals surface area contributed by atoms with Crippen LogP contribution in [0.4, 0.5) is 13.2 Å². The van der Waals surface area contributed by atoms with Gasteiger partial charge in [0.1, 0.15) is 0 Å². The van der Waals surface area contributed by atoms with Crippen molar-refractivity contribution in [3.05, 3.63) is 29.8 Å². The molecule has 1 aliphatic rings. The molecule has 0 aromatic heterocycles. The summed E-state index contributed by atoms with van der Waals surface area (Å²) in [5.74, 6) is 0. The van der Waals surface area contributed by atoms with E-state index >= 15 is 0 Å². The van der Waals surface area contributed by atoms with Crippen LogP contribution in [-0.2, 0) is 16.2 Å². The number of benzene rings is 1. The quantitative estimate of drug-likeness (QED) is 0.888. The standard InChI is InChI=1S/C15H21F3N2O2S/c1-11-6-7-12(2)20(11)9-8-19-23(21,22)14-5-3-4-13(10-14)15(16,17)18/h3-5,10-12,19H,6-9H2,1-2H3. The largest absolute Gasteiger partial charge is 0.416 e. The summed E-state index contributed by atoms with van der Waals surface area (Å²) in [7, 11) is -3.95. The predicted molar refractivity (Wildman–Crippen MR) is 81.5 cm³/mol. The maximum absolute atomic E-state index is 12.7. The molecule has 2 unspecified atom stereocenters. The Kier molecular flexibility index (Phi) is 5.37. The number of hydrogen-bond donors (Lipinski definition) is 1. The molecule has 1 aromatic carbocycles. The number of hydrogen-bond acceptors (Lipinski definition) is 3. The van der Waals surface area contributed by atoms with Crippen LogP contribution >= 0.6 is 0 Å². The smallest absolute Gasteiger partial charge is 0.297 e. The minimum Gasteiger partial charge on any atom is -0.297 e. The molecule has 1 N–H and O–H groups in total. The molecule has 1 fully saturated rings. The van der Waals surface area contributed by atoms with Crippen molar-refractivity contribution in [3.63, 3.8) is 0 Å². The number of likely N-dealkylation sites (tertiary alicyclic amines) is 1. The molecule has 1 aliphatic heterocycles. The maximum Gasteiger partial charge on any atom is 0.416 e. The summed E-state index contributed by atoms with van der Waals surface area (Å²) in [6, 6.07) is 4.56. The monoisotopic (exact) mass is 350 g/mol. The Morgan fingerprint density at radius 2 is 1.83 bits per heavy atom. The van der Waals surface area contributed by atoms with Crippen LogP contribution in [0, 0.1) is 0 Å². The van der Waals surface area contributed by atoms with E-state index in [0.717, 1.165) is 25.0 Å². The lowest BCUT2D eigenvalue weighted by atomic mass is 10.2. The molecule has 0 amide bonds. The zero-order chi connectivity index (χ0) is 17.3. The van der Waals surface area contributed by atoms with Gasteiger partial charge in [0.15, 0.2) is 0 Å². The van der Waals surface area contributed by atoms with E-state index < -0.39 is 21.8 Å². The average Bonchev–Trinajstić information content (AvgIpc) is 2.78. The van der Waals surface area contributed by atoms with E-state index in [4.69, 9.17) is 0 Å². The van der Waals surface area contributed by atoms with Crippen LogP contribution in [-0.4, -0.2) is 38.5 Å². The van der Waals surface area contributed by atoms with Gasteiger partial charge < -0.3 is 0 Å². The van der Waals surface area contributed by atoms with Crippen molar-refractivity contribution in [2.45, 2.75) is 49.8 Å². The fraction of sp³-hybridized carbons (Fsp3) is 0.600. The molecule has 23 heavy (non-hydrogen) atoms. The first-order valence-electron chi connectivity index (χ1n) is 7.54. The Morgan fingerprint density at radius 3 is 2.39 bits per heavy atom. The van der Waals surface area contributed by atoms with Gasteiger partial charge in [0.25, 0.3) is 0 Å². The third-order valence-corrected chi connectivity index (χ3v) is 5.73. The first-order valence-corrected chi connectivity index (χ1v) is 9.02. The van der Waals surface area contributed by atoms with Gasteiger partial charge in [-0.3, -0.25) is 4.90 Å². The lowest BCUT2D eigenvalue weighted by Crippen LogP contribution is -2.39. The van der Waals surface area contributed by atoms with E-state index in [2.05, 4.69) is 23.5 Å². The number of alkyl halides is 3. The third kappa shape index (κ3) is 4.45. The normalized spacial score (nSPS) is 23.3. The average molecular weight is 350 g/mol. The maximum atomic E-state index is 12.7. The van der Waals surface area contributed by atoms with Crippen molar-refractivity contribution in [2.24, 2.45) is 0 Å². The minimum absolute atomic E-state index is 0.174. The topological polar surface area (TPSA) is 49.4 Å². The first-order chi connectivity index (χ1) is 10.6. The molecule has 0 aliphatic carbocycles. The zero-order valence-electron chi connectivity index (χ0n) is 13.1. The van der Waals surface area contributed by atoms with Crippen LogP contribution in [0.25, 0.3) is 0 Å². The van der Waals surface area contributed by atoms with Crippen molar-refractivity contribution in [3.8, 4) is 0 Å². The Labute approximate surface area is 134 Å². The van der Waals surface area contributed by atoms with Crippen LogP contribution in [0.3, 0.4) is 0 Å². The van der Waals surface area contributed by atoms with Gasteiger partial charge in [-0.15, -0.1) is 0 Å². The second kappa shape index (κ2) is 6.78. The molecule has 1 aromatic rings. The second-order valence-electron chi connectivity index (χ2n) is 5.94. The van der Waals surface area contributed by atoms with E-state index in [1.54, 1.807) is 0 Å². The van der Waals surface area contributed by atoms with Gasteiger partial charge in [0.05, 0.1) is 10.5 Å². The predicted octanol–water partition coefficient (Wildman–Crippen LogP) is 2.86. The molecule has 0 bridgehead atoms. The number of rotatable bonds is 5. The third-order valence-electron chi connectivity index (χ3n) is 4.27. The van der Waals surface area contributed by atoms with Crippen molar-refractivity contribution >= 4 is 10.0 Å².